The second-order valence-electron chi connectivity index (χ2n) is 8.02. The fraction of sp³-hybridized carbons (Fsp3) is 0.429. The number of aromatic nitrogens is 4. The molecule has 30 heavy (non-hydrogen) atoms. The molecule has 4 heterocycles. The average Bonchev–Trinajstić information content (AvgIpc) is 3.36. The zero-order valence-corrected chi connectivity index (χ0v) is 17.0. The maximum Gasteiger partial charge on any atom is 0.228 e. The van der Waals surface area contributed by atoms with E-state index in [4.69, 9.17) is 4.74 Å². The molecule has 3 aromatic rings. The van der Waals surface area contributed by atoms with Gasteiger partial charge in [0.2, 0.25) is 11.8 Å². The number of hydrogen-bond donors (Lipinski definition) is 1. The normalized spacial score (nSPS) is 18.3. The Bertz CT molecular complexity index is 1130. The first-order valence-corrected chi connectivity index (χ1v) is 10.2. The minimum absolute atomic E-state index is 0.0385. The molecule has 156 valence electrons. The van der Waals surface area contributed by atoms with Crippen LogP contribution in [0.15, 0.2) is 30.6 Å². The second-order valence-corrected chi connectivity index (χ2v) is 8.02. The van der Waals surface area contributed by atoms with Crippen molar-refractivity contribution in [3.63, 3.8) is 0 Å². The lowest BCUT2D eigenvalue weighted by molar-refractivity contribution is -0.137. The highest BCUT2D eigenvalue weighted by Crippen LogP contribution is 2.32. The standard InChI is InChI=1S/C21H24N6O3/c1-13(28)26-7-6-16(26)12-30-18-11-22-25(2)20(18)15-5-8-27-17(9-15)10-19(24-27)23-21(29)14-3-4-14/h5,8-11,14,16H,3-4,6-7,12H2,1-2H3,(H,23,24,29)/t16-/m1/s1. The average molecular weight is 408 g/mol. The van der Waals surface area contributed by atoms with E-state index in [0.717, 1.165) is 42.6 Å². The Hall–Kier alpha value is -3.36. The first-order valence-electron chi connectivity index (χ1n) is 10.2. The fourth-order valence-corrected chi connectivity index (χ4v) is 3.84. The summed E-state index contributed by atoms with van der Waals surface area (Å²) in [4.78, 5) is 25.4. The van der Waals surface area contributed by atoms with Crippen LogP contribution in [0.1, 0.15) is 26.2 Å². The number of likely N-dealkylation sites (tertiary alicyclic amines) is 1. The van der Waals surface area contributed by atoms with Gasteiger partial charge in [-0.1, -0.05) is 0 Å². The van der Waals surface area contributed by atoms with Crippen LogP contribution in [0.4, 0.5) is 5.82 Å². The number of carbonyl (C=O) groups is 2. The van der Waals surface area contributed by atoms with E-state index in [1.807, 2.05) is 36.3 Å². The zero-order valence-electron chi connectivity index (χ0n) is 17.0. The molecular formula is C21H24N6O3. The number of anilines is 1. The predicted molar refractivity (Wildman–Crippen MR) is 110 cm³/mol. The number of pyridine rings is 1. The van der Waals surface area contributed by atoms with E-state index >= 15 is 0 Å². The molecule has 0 aromatic carbocycles. The summed E-state index contributed by atoms with van der Waals surface area (Å²) in [5.41, 5.74) is 2.66. The van der Waals surface area contributed by atoms with Crippen LogP contribution in [0.2, 0.25) is 0 Å². The van der Waals surface area contributed by atoms with Crippen LogP contribution in [-0.2, 0) is 16.6 Å². The lowest BCUT2D eigenvalue weighted by atomic mass is 10.0. The van der Waals surface area contributed by atoms with E-state index in [0.29, 0.717) is 18.2 Å². The highest BCUT2D eigenvalue weighted by Gasteiger charge is 2.31. The zero-order chi connectivity index (χ0) is 20.8. The van der Waals surface area contributed by atoms with Crippen LogP contribution < -0.4 is 10.1 Å². The Morgan fingerprint density at radius 1 is 1.27 bits per heavy atom. The van der Waals surface area contributed by atoms with Crippen LogP contribution in [0, 0.1) is 5.92 Å². The molecule has 1 saturated heterocycles. The summed E-state index contributed by atoms with van der Waals surface area (Å²) in [6, 6.07) is 5.92. The van der Waals surface area contributed by atoms with Gasteiger partial charge in [0.1, 0.15) is 12.3 Å². The molecule has 3 aromatic heterocycles. The van der Waals surface area contributed by atoms with Crippen molar-refractivity contribution in [1.29, 1.82) is 0 Å². The first-order chi connectivity index (χ1) is 14.5. The molecule has 0 spiro atoms. The van der Waals surface area contributed by atoms with E-state index in [1.54, 1.807) is 22.3 Å². The Morgan fingerprint density at radius 3 is 2.80 bits per heavy atom. The molecule has 1 aliphatic carbocycles. The fourth-order valence-electron chi connectivity index (χ4n) is 3.84. The van der Waals surface area contributed by atoms with Gasteiger partial charge in [-0.2, -0.15) is 10.2 Å². The minimum Gasteiger partial charge on any atom is -0.487 e. The number of aryl methyl sites for hydroxylation is 1. The third kappa shape index (κ3) is 3.40. The van der Waals surface area contributed by atoms with E-state index in [1.165, 1.54) is 0 Å². The summed E-state index contributed by atoms with van der Waals surface area (Å²) in [6.07, 6.45) is 6.42. The first kappa shape index (κ1) is 18.7. The van der Waals surface area contributed by atoms with E-state index in [2.05, 4.69) is 15.5 Å². The van der Waals surface area contributed by atoms with Crippen molar-refractivity contribution in [2.75, 3.05) is 18.5 Å². The molecule has 1 aliphatic heterocycles. The number of rotatable bonds is 6. The lowest BCUT2D eigenvalue weighted by Gasteiger charge is -2.39. The summed E-state index contributed by atoms with van der Waals surface area (Å²) in [5, 5.41) is 11.7. The summed E-state index contributed by atoms with van der Waals surface area (Å²) < 4.78 is 9.56. The van der Waals surface area contributed by atoms with E-state index in [-0.39, 0.29) is 23.8 Å². The maximum atomic E-state index is 12.0. The third-order valence-electron chi connectivity index (χ3n) is 5.82. The van der Waals surface area contributed by atoms with Gasteiger partial charge in [-0.25, -0.2) is 4.52 Å². The van der Waals surface area contributed by atoms with E-state index in [9.17, 15) is 9.59 Å². The van der Waals surface area contributed by atoms with Crippen LogP contribution >= 0.6 is 0 Å². The van der Waals surface area contributed by atoms with Crippen LogP contribution in [-0.4, -0.2) is 55.3 Å². The molecule has 2 amide bonds. The number of nitrogens with zero attached hydrogens (tertiary/aromatic N) is 5. The number of ether oxygens (including phenoxy) is 1. The van der Waals surface area contributed by atoms with Crippen LogP contribution in [0.3, 0.4) is 0 Å². The van der Waals surface area contributed by atoms with E-state index < -0.39 is 0 Å². The molecule has 9 nitrogen and oxygen atoms in total. The molecule has 1 saturated carbocycles. The van der Waals surface area contributed by atoms with Gasteiger partial charge in [-0.3, -0.25) is 14.3 Å². The minimum atomic E-state index is 0.0385. The number of hydrogen-bond acceptors (Lipinski definition) is 5. The van der Waals surface area contributed by atoms with Gasteiger partial charge in [-0.15, -0.1) is 0 Å². The summed E-state index contributed by atoms with van der Waals surface area (Å²) in [5.74, 6) is 1.49. The van der Waals surface area contributed by atoms with Crippen molar-refractivity contribution >= 4 is 23.1 Å². The number of nitrogens with one attached hydrogen (secondary N) is 1. The maximum absolute atomic E-state index is 12.0. The summed E-state index contributed by atoms with van der Waals surface area (Å²) >= 11 is 0. The van der Waals surface area contributed by atoms with Gasteiger partial charge in [0.15, 0.2) is 11.6 Å². The Morgan fingerprint density at radius 2 is 2.10 bits per heavy atom. The lowest BCUT2D eigenvalue weighted by Crippen LogP contribution is -2.53. The largest absolute Gasteiger partial charge is 0.487 e. The van der Waals surface area contributed by atoms with Crippen molar-refractivity contribution in [2.45, 2.75) is 32.2 Å². The van der Waals surface area contributed by atoms with Crippen molar-refractivity contribution in [1.82, 2.24) is 24.3 Å². The quantitative estimate of drug-likeness (QED) is 0.674. The van der Waals surface area contributed by atoms with Crippen molar-refractivity contribution < 1.29 is 14.3 Å². The molecule has 0 radical (unpaired) electrons. The van der Waals surface area contributed by atoms with Crippen LogP contribution in [0.5, 0.6) is 5.75 Å². The number of fused-ring (bicyclic) bond motifs is 1. The number of amides is 2. The Labute approximate surface area is 173 Å². The Balaban J connectivity index is 1.36. The summed E-state index contributed by atoms with van der Waals surface area (Å²) in [7, 11) is 1.87. The Kier molecular flexibility index (Phi) is 4.45. The van der Waals surface area contributed by atoms with Crippen molar-refractivity contribution in [3.8, 4) is 17.0 Å². The highest BCUT2D eigenvalue weighted by atomic mass is 16.5. The molecule has 1 N–H and O–H groups in total. The molecule has 1 atom stereocenters. The van der Waals surface area contributed by atoms with Gasteiger partial charge < -0.3 is 15.0 Å². The molecule has 2 aliphatic rings. The van der Waals surface area contributed by atoms with Crippen molar-refractivity contribution in [3.05, 3.63) is 30.6 Å². The van der Waals surface area contributed by atoms with Gasteiger partial charge in [0.25, 0.3) is 0 Å². The van der Waals surface area contributed by atoms with Gasteiger partial charge in [0.05, 0.1) is 17.8 Å². The van der Waals surface area contributed by atoms with Gasteiger partial charge in [0, 0.05) is 44.3 Å². The predicted octanol–water partition coefficient (Wildman–Crippen LogP) is 2.08. The van der Waals surface area contributed by atoms with Gasteiger partial charge in [-0.05, 0) is 31.4 Å². The highest BCUT2D eigenvalue weighted by molar-refractivity contribution is 5.93. The van der Waals surface area contributed by atoms with Crippen molar-refractivity contribution in [2.24, 2.45) is 13.0 Å². The molecule has 9 heteroatoms. The third-order valence-corrected chi connectivity index (χ3v) is 5.82. The molecule has 0 bridgehead atoms. The summed E-state index contributed by atoms with van der Waals surface area (Å²) in [6.45, 7) is 2.83. The molecule has 2 fully saturated rings. The topological polar surface area (TPSA) is 93.8 Å². The second kappa shape index (κ2) is 7.16. The SMILES string of the molecule is CC(=O)N1CC[C@@H]1COc1cnn(C)c1-c1ccn2nc(NC(=O)C3CC3)cc2c1. The van der Waals surface area contributed by atoms with Crippen LogP contribution in [0.25, 0.3) is 16.8 Å². The smallest absolute Gasteiger partial charge is 0.228 e. The molecule has 0 unspecified atom stereocenters. The molecule has 5 rings (SSSR count). The monoisotopic (exact) mass is 408 g/mol. The van der Waals surface area contributed by atoms with Gasteiger partial charge >= 0.3 is 0 Å². The molecular weight excluding hydrogens is 384 g/mol. The number of carbonyl (C=O) groups excluding carboxylic acids is 2.